The van der Waals surface area contributed by atoms with E-state index < -0.39 is 0 Å². The van der Waals surface area contributed by atoms with Crippen molar-refractivity contribution in [1.29, 1.82) is 0 Å². The molecule has 1 aromatic heterocycles. The fourth-order valence-corrected chi connectivity index (χ4v) is 2.91. The van der Waals surface area contributed by atoms with Crippen molar-refractivity contribution < 1.29 is 13.9 Å². The molecule has 1 amide bonds. The Hall–Kier alpha value is -1.99. The zero-order chi connectivity index (χ0) is 16.8. The van der Waals surface area contributed by atoms with Crippen LogP contribution in [0.4, 0.5) is 0 Å². The Morgan fingerprint density at radius 2 is 2.17 bits per heavy atom. The Labute approximate surface area is 145 Å². The summed E-state index contributed by atoms with van der Waals surface area (Å²) in [6.45, 7) is 1.53. The molecule has 0 saturated carbocycles. The molecule has 1 fully saturated rings. The summed E-state index contributed by atoms with van der Waals surface area (Å²) in [5.74, 6) is 0.341. The molecule has 1 aliphatic rings. The van der Waals surface area contributed by atoms with Crippen molar-refractivity contribution in [3.05, 3.63) is 34.7 Å². The minimum absolute atomic E-state index is 0.0750. The third-order valence-corrected chi connectivity index (χ3v) is 4.27. The van der Waals surface area contributed by atoms with Crippen LogP contribution < -0.4 is 5.32 Å². The van der Waals surface area contributed by atoms with Gasteiger partial charge in [-0.3, -0.25) is 4.79 Å². The topological polar surface area (TPSA) is 80.1 Å². The molecule has 1 unspecified atom stereocenters. The maximum atomic E-state index is 12.1. The van der Waals surface area contributed by atoms with Gasteiger partial charge in [-0.15, -0.1) is 5.10 Å². The zero-order valence-corrected chi connectivity index (χ0v) is 14.2. The van der Waals surface area contributed by atoms with E-state index in [0.29, 0.717) is 24.1 Å². The van der Waals surface area contributed by atoms with Crippen molar-refractivity contribution in [2.45, 2.75) is 38.2 Å². The Morgan fingerprint density at radius 1 is 1.33 bits per heavy atom. The first-order chi connectivity index (χ1) is 11.7. The van der Waals surface area contributed by atoms with Crippen molar-refractivity contribution >= 4 is 18.1 Å². The van der Waals surface area contributed by atoms with E-state index in [2.05, 4.69) is 15.5 Å². The highest BCUT2D eigenvalue weighted by atomic mass is 32.1. The van der Waals surface area contributed by atoms with Crippen molar-refractivity contribution in [3.8, 4) is 11.5 Å². The number of nitrogens with zero attached hydrogens (tertiary/aromatic N) is 1. The lowest BCUT2D eigenvalue weighted by Crippen LogP contribution is -2.26. The largest absolute Gasteiger partial charge is 0.409 e. The predicted octanol–water partition coefficient (Wildman–Crippen LogP) is 3.48. The first-order valence-electron chi connectivity index (χ1n) is 8.28. The van der Waals surface area contributed by atoms with Gasteiger partial charge in [0.05, 0.1) is 6.10 Å². The summed E-state index contributed by atoms with van der Waals surface area (Å²) in [6.07, 6.45) is 5.86. The molecule has 1 aromatic carbocycles. The Kier molecular flexibility index (Phi) is 5.77. The lowest BCUT2D eigenvalue weighted by Gasteiger charge is -2.22. The fourth-order valence-electron chi connectivity index (χ4n) is 2.79. The molecule has 2 heterocycles. The van der Waals surface area contributed by atoms with Gasteiger partial charge in [-0.2, -0.15) is 0 Å². The second-order valence-electron chi connectivity index (χ2n) is 5.88. The predicted molar refractivity (Wildman–Crippen MR) is 92.3 cm³/mol. The number of H-pyrrole nitrogens is 1. The van der Waals surface area contributed by atoms with Gasteiger partial charge in [-0.25, -0.2) is 5.10 Å². The lowest BCUT2D eigenvalue weighted by atomic mass is 10.0. The average Bonchev–Trinajstić information content (AvgIpc) is 3.06. The van der Waals surface area contributed by atoms with E-state index in [4.69, 9.17) is 21.4 Å². The highest BCUT2D eigenvalue weighted by molar-refractivity contribution is 7.71. The molecule has 1 aliphatic heterocycles. The molecule has 3 rings (SSSR count). The van der Waals surface area contributed by atoms with Gasteiger partial charge in [0.1, 0.15) is 0 Å². The zero-order valence-electron chi connectivity index (χ0n) is 13.4. The number of carbonyl (C=O) groups is 1. The minimum atomic E-state index is -0.0750. The quantitative estimate of drug-likeness (QED) is 0.618. The number of aromatic amines is 1. The van der Waals surface area contributed by atoms with Crippen molar-refractivity contribution in [2.24, 2.45) is 0 Å². The molecule has 6 nitrogen and oxygen atoms in total. The molecular formula is C17H21N3O3S. The van der Waals surface area contributed by atoms with Crippen molar-refractivity contribution in [3.63, 3.8) is 0 Å². The fraction of sp³-hybridized carbons (Fsp3) is 0.471. The van der Waals surface area contributed by atoms with Gasteiger partial charge in [0.15, 0.2) is 0 Å². The maximum Gasteiger partial charge on any atom is 0.284 e. The smallest absolute Gasteiger partial charge is 0.284 e. The highest BCUT2D eigenvalue weighted by Crippen LogP contribution is 2.18. The number of benzene rings is 1. The first kappa shape index (κ1) is 16.9. The van der Waals surface area contributed by atoms with Crippen molar-refractivity contribution in [2.75, 3.05) is 13.2 Å². The molecular weight excluding hydrogens is 326 g/mol. The maximum absolute atomic E-state index is 12.1. The summed E-state index contributed by atoms with van der Waals surface area (Å²) in [6, 6.07) is 7.09. The van der Waals surface area contributed by atoms with Crippen LogP contribution in [0, 0.1) is 4.84 Å². The average molecular weight is 347 g/mol. The number of carbonyl (C=O) groups excluding carboxylic acids is 1. The van der Waals surface area contributed by atoms with Gasteiger partial charge in [-0.05, 0) is 68.6 Å². The second kappa shape index (κ2) is 8.21. The molecule has 0 bridgehead atoms. The van der Waals surface area contributed by atoms with E-state index in [-0.39, 0.29) is 10.7 Å². The third kappa shape index (κ3) is 4.52. The van der Waals surface area contributed by atoms with Gasteiger partial charge in [0.25, 0.3) is 10.7 Å². The van der Waals surface area contributed by atoms with Crippen LogP contribution in [0.25, 0.3) is 11.5 Å². The van der Waals surface area contributed by atoms with Gasteiger partial charge < -0.3 is 14.5 Å². The van der Waals surface area contributed by atoms with E-state index in [1.165, 1.54) is 12.8 Å². The molecule has 2 N–H and O–H groups in total. The van der Waals surface area contributed by atoms with Crippen LogP contribution in [0.2, 0.25) is 0 Å². The van der Waals surface area contributed by atoms with E-state index >= 15 is 0 Å². The Bertz CT molecular complexity index is 717. The Balaban J connectivity index is 1.45. The molecule has 7 heteroatoms. The van der Waals surface area contributed by atoms with Gasteiger partial charge >= 0.3 is 0 Å². The van der Waals surface area contributed by atoms with E-state index in [0.717, 1.165) is 31.4 Å². The van der Waals surface area contributed by atoms with Crippen molar-refractivity contribution in [1.82, 2.24) is 15.5 Å². The molecule has 24 heavy (non-hydrogen) atoms. The molecule has 0 radical (unpaired) electrons. The van der Waals surface area contributed by atoms with E-state index in [9.17, 15) is 4.79 Å². The number of hydrogen-bond acceptors (Lipinski definition) is 5. The normalized spacial score (nSPS) is 17.6. The monoisotopic (exact) mass is 347 g/mol. The number of hydrogen-bond donors (Lipinski definition) is 2. The number of nitrogens with one attached hydrogen (secondary N) is 2. The van der Waals surface area contributed by atoms with Crippen LogP contribution in [-0.2, 0) is 4.74 Å². The van der Waals surface area contributed by atoms with E-state index in [1.807, 2.05) is 0 Å². The molecule has 128 valence electrons. The third-order valence-electron chi connectivity index (χ3n) is 4.09. The first-order valence-corrected chi connectivity index (χ1v) is 8.69. The molecule has 1 atom stereocenters. The van der Waals surface area contributed by atoms with E-state index in [1.54, 1.807) is 24.3 Å². The Morgan fingerprint density at radius 3 is 2.83 bits per heavy atom. The SMILES string of the molecule is O=C(NCCCC1CCCCO1)c1ccc(-c2n[nH]c(=S)o2)cc1. The van der Waals surface area contributed by atoms with Crippen LogP contribution in [0.5, 0.6) is 0 Å². The van der Waals surface area contributed by atoms with Crippen LogP contribution >= 0.6 is 12.2 Å². The molecule has 1 saturated heterocycles. The summed E-state index contributed by atoms with van der Waals surface area (Å²) in [5.41, 5.74) is 1.38. The number of rotatable bonds is 6. The van der Waals surface area contributed by atoms with Gasteiger partial charge in [-0.1, -0.05) is 0 Å². The van der Waals surface area contributed by atoms with Gasteiger partial charge in [0.2, 0.25) is 5.89 Å². The summed E-state index contributed by atoms with van der Waals surface area (Å²) in [7, 11) is 0. The van der Waals surface area contributed by atoms with Crippen LogP contribution in [-0.4, -0.2) is 35.4 Å². The number of ether oxygens (including phenoxy) is 1. The standard InChI is InChI=1S/C17H21N3O3S/c21-15(18-10-3-5-14-4-1-2-11-22-14)12-6-8-13(9-7-12)16-19-20-17(24)23-16/h6-9,14H,1-5,10-11H2,(H,18,21)(H,20,24). The van der Waals surface area contributed by atoms with Gasteiger partial charge in [0, 0.05) is 24.3 Å². The number of aromatic nitrogens is 2. The molecule has 0 aliphatic carbocycles. The second-order valence-corrected chi connectivity index (χ2v) is 6.25. The lowest BCUT2D eigenvalue weighted by molar-refractivity contribution is 0.0102. The minimum Gasteiger partial charge on any atom is -0.409 e. The van der Waals surface area contributed by atoms with Crippen LogP contribution in [0.3, 0.4) is 0 Å². The summed E-state index contributed by atoms with van der Waals surface area (Å²) >= 11 is 4.85. The van der Waals surface area contributed by atoms with Crippen LogP contribution in [0.15, 0.2) is 28.7 Å². The summed E-state index contributed by atoms with van der Waals surface area (Å²) in [4.78, 5) is 12.4. The molecule has 2 aromatic rings. The van der Waals surface area contributed by atoms with Crippen LogP contribution in [0.1, 0.15) is 42.5 Å². The highest BCUT2D eigenvalue weighted by Gasteiger charge is 2.13. The summed E-state index contributed by atoms with van der Waals surface area (Å²) in [5, 5.41) is 9.48. The number of amides is 1. The summed E-state index contributed by atoms with van der Waals surface area (Å²) < 4.78 is 10.9. The molecule has 0 spiro atoms.